The molecule has 0 atom stereocenters. The maximum atomic E-state index is 15.8. The highest BCUT2D eigenvalue weighted by molar-refractivity contribution is 7.81. The number of nitriles is 1. The summed E-state index contributed by atoms with van der Waals surface area (Å²) in [4.78, 5) is 33.0. The number of anilines is 2. The SMILES string of the molecule is Cc1cc(N2C(=O)C3(CCC3)N(c3ccc(C(N)=O)c(F)c3-c3ccccc3)C2=S)cnc1C#N. The number of carbonyl (C=O) groups is 2. The van der Waals surface area contributed by atoms with Crippen molar-refractivity contribution in [2.45, 2.75) is 31.7 Å². The van der Waals surface area contributed by atoms with Gasteiger partial charge in [-0.3, -0.25) is 14.5 Å². The number of primary amides is 1. The standard InChI is InChI=1S/C26H20FN5O2S/c1-15-12-17(14-30-19(15)13-28)31-24(34)26(10-5-11-26)32(25(31)35)20-9-8-18(23(29)33)22(27)21(20)16-6-3-2-4-7-16/h2-4,6-9,12,14H,5,10-11H2,1H3,(H2,29,33). The van der Waals surface area contributed by atoms with E-state index in [4.69, 9.17) is 18.0 Å². The summed E-state index contributed by atoms with van der Waals surface area (Å²) in [5, 5.41) is 9.41. The van der Waals surface area contributed by atoms with E-state index < -0.39 is 17.3 Å². The molecule has 2 aromatic carbocycles. The third kappa shape index (κ3) is 3.29. The van der Waals surface area contributed by atoms with Crippen LogP contribution in [0.25, 0.3) is 11.1 Å². The van der Waals surface area contributed by atoms with Gasteiger partial charge in [-0.25, -0.2) is 9.37 Å². The second-order valence-electron chi connectivity index (χ2n) is 8.67. The monoisotopic (exact) mass is 485 g/mol. The molecule has 1 saturated heterocycles. The third-order valence-electron chi connectivity index (χ3n) is 6.71. The maximum absolute atomic E-state index is 15.8. The zero-order chi connectivity index (χ0) is 24.9. The molecule has 1 saturated carbocycles. The highest BCUT2D eigenvalue weighted by Gasteiger charge is 2.60. The van der Waals surface area contributed by atoms with Gasteiger partial charge in [0.2, 0.25) is 0 Å². The Labute approximate surface area is 206 Å². The predicted octanol–water partition coefficient (Wildman–Crippen LogP) is 4.23. The molecule has 1 aliphatic heterocycles. The first-order valence-corrected chi connectivity index (χ1v) is 11.4. The van der Waals surface area contributed by atoms with E-state index >= 15 is 4.39 Å². The molecule has 3 aromatic rings. The molecule has 9 heteroatoms. The average Bonchev–Trinajstić information content (AvgIpc) is 3.05. The molecule has 2 aliphatic rings. The van der Waals surface area contributed by atoms with E-state index in [1.54, 1.807) is 54.3 Å². The van der Waals surface area contributed by atoms with Gasteiger partial charge in [0.05, 0.1) is 23.1 Å². The Morgan fingerprint density at radius 3 is 2.51 bits per heavy atom. The minimum absolute atomic E-state index is 0.152. The van der Waals surface area contributed by atoms with Crippen molar-refractivity contribution in [2.75, 3.05) is 9.80 Å². The second kappa shape index (κ2) is 8.25. The van der Waals surface area contributed by atoms with Crippen molar-refractivity contribution in [1.82, 2.24) is 4.98 Å². The number of benzene rings is 2. The van der Waals surface area contributed by atoms with Gasteiger partial charge < -0.3 is 10.6 Å². The fourth-order valence-corrected chi connectivity index (χ4v) is 5.27. The van der Waals surface area contributed by atoms with Crippen molar-refractivity contribution in [3.63, 3.8) is 0 Å². The molecule has 2 amide bonds. The van der Waals surface area contributed by atoms with Crippen LogP contribution < -0.4 is 15.5 Å². The molecule has 2 fully saturated rings. The van der Waals surface area contributed by atoms with Gasteiger partial charge in [0, 0.05) is 5.56 Å². The average molecular weight is 486 g/mol. The van der Waals surface area contributed by atoms with Crippen molar-refractivity contribution in [3.8, 4) is 17.2 Å². The molecule has 1 aliphatic carbocycles. The van der Waals surface area contributed by atoms with Gasteiger partial charge in [-0.1, -0.05) is 30.3 Å². The van der Waals surface area contributed by atoms with Crippen molar-refractivity contribution in [1.29, 1.82) is 5.26 Å². The number of pyridine rings is 1. The summed E-state index contributed by atoms with van der Waals surface area (Å²) in [6.45, 7) is 1.74. The molecular formula is C26H20FN5O2S. The van der Waals surface area contributed by atoms with E-state index in [0.29, 0.717) is 35.3 Å². The molecule has 1 aromatic heterocycles. The summed E-state index contributed by atoms with van der Waals surface area (Å²) in [7, 11) is 0. The minimum atomic E-state index is -0.969. The number of thiocarbonyl (C=S) groups is 1. The number of rotatable bonds is 4. The van der Waals surface area contributed by atoms with Crippen LogP contribution in [0.4, 0.5) is 15.8 Å². The number of hydrogen-bond acceptors (Lipinski definition) is 5. The topological polar surface area (TPSA) is 103 Å². The van der Waals surface area contributed by atoms with E-state index in [9.17, 15) is 14.9 Å². The summed E-state index contributed by atoms with van der Waals surface area (Å²) in [5.74, 6) is -1.87. The van der Waals surface area contributed by atoms with Crippen LogP contribution >= 0.6 is 12.2 Å². The molecule has 174 valence electrons. The highest BCUT2D eigenvalue weighted by Crippen LogP contribution is 2.50. The van der Waals surface area contributed by atoms with E-state index in [-0.39, 0.29) is 27.8 Å². The normalized spacial score (nSPS) is 16.4. The van der Waals surface area contributed by atoms with Gasteiger partial charge in [-0.2, -0.15) is 5.26 Å². The predicted molar refractivity (Wildman–Crippen MR) is 133 cm³/mol. The summed E-state index contributed by atoms with van der Waals surface area (Å²) in [6, 6.07) is 15.4. The van der Waals surface area contributed by atoms with Gasteiger partial charge in [0.15, 0.2) is 5.11 Å². The number of halogens is 1. The van der Waals surface area contributed by atoms with Gasteiger partial charge >= 0.3 is 0 Å². The van der Waals surface area contributed by atoms with Crippen LogP contribution in [0.15, 0.2) is 54.7 Å². The van der Waals surface area contributed by atoms with E-state index in [1.807, 2.05) is 6.07 Å². The van der Waals surface area contributed by atoms with Crippen LogP contribution in [-0.2, 0) is 4.79 Å². The molecule has 2 heterocycles. The zero-order valence-electron chi connectivity index (χ0n) is 18.8. The zero-order valence-corrected chi connectivity index (χ0v) is 19.6. The molecule has 1 spiro atoms. The van der Waals surface area contributed by atoms with Gasteiger partial charge in [-0.15, -0.1) is 0 Å². The molecule has 0 radical (unpaired) electrons. The van der Waals surface area contributed by atoms with Crippen LogP contribution in [-0.4, -0.2) is 27.4 Å². The smallest absolute Gasteiger partial charge is 0.259 e. The van der Waals surface area contributed by atoms with Crippen molar-refractivity contribution in [2.24, 2.45) is 5.73 Å². The first kappa shape index (κ1) is 22.6. The van der Waals surface area contributed by atoms with Gasteiger partial charge in [-0.05, 0) is 67.7 Å². The quantitative estimate of drug-likeness (QED) is 0.555. The fraction of sp³-hybridized carbons (Fsp3) is 0.192. The molecule has 35 heavy (non-hydrogen) atoms. The Kier molecular flexibility index (Phi) is 5.33. The lowest BCUT2D eigenvalue weighted by Gasteiger charge is -2.43. The summed E-state index contributed by atoms with van der Waals surface area (Å²) in [6.07, 6.45) is 3.34. The number of nitrogens with zero attached hydrogens (tertiary/aromatic N) is 4. The number of carbonyl (C=O) groups excluding carboxylic acids is 2. The van der Waals surface area contributed by atoms with Crippen molar-refractivity contribution >= 4 is 40.5 Å². The van der Waals surface area contributed by atoms with Gasteiger partial charge in [0.1, 0.15) is 23.1 Å². The summed E-state index contributed by atoms with van der Waals surface area (Å²) < 4.78 is 15.8. The largest absolute Gasteiger partial charge is 0.366 e. The Hall–Kier alpha value is -4.16. The maximum Gasteiger partial charge on any atom is 0.259 e. The van der Waals surface area contributed by atoms with Crippen LogP contribution in [0.2, 0.25) is 0 Å². The van der Waals surface area contributed by atoms with Gasteiger partial charge in [0.25, 0.3) is 11.8 Å². The lowest BCUT2D eigenvalue weighted by Crippen LogP contribution is -2.55. The summed E-state index contributed by atoms with van der Waals surface area (Å²) >= 11 is 5.82. The summed E-state index contributed by atoms with van der Waals surface area (Å²) in [5.41, 5.74) is 6.61. The molecule has 7 nitrogen and oxygen atoms in total. The second-order valence-corrected chi connectivity index (χ2v) is 9.03. The molecule has 5 rings (SSSR count). The molecule has 0 bridgehead atoms. The number of amides is 2. The highest BCUT2D eigenvalue weighted by atomic mass is 32.1. The van der Waals surface area contributed by atoms with Crippen LogP contribution in [0.5, 0.6) is 0 Å². The lowest BCUT2D eigenvalue weighted by molar-refractivity contribution is -0.123. The molecule has 2 N–H and O–H groups in total. The Balaban J connectivity index is 1.71. The molecule has 0 unspecified atom stereocenters. The Morgan fingerprint density at radius 1 is 1.23 bits per heavy atom. The number of nitrogens with two attached hydrogens (primary N) is 1. The Bertz CT molecular complexity index is 1450. The minimum Gasteiger partial charge on any atom is -0.366 e. The van der Waals surface area contributed by atoms with Crippen LogP contribution in [0.3, 0.4) is 0 Å². The number of hydrogen-bond donors (Lipinski definition) is 1. The van der Waals surface area contributed by atoms with Crippen LogP contribution in [0.1, 0.15) is 40.9 Å². The van der Waals surface area contributed by atoms with Crippen molar-refractivity contribution < 1.29 is 14.0 Å². The van der Waals surface area contributed by atoms with E-state index in [1.165, 1.54) is 17.2 Å². The first-order valence-electron chi connectivity index (χ1n) is 11.0. The van der Waals surface area contributed by atoms with E-state index in [2.05, 4.69) is 4.98 Å². The first-order chi connectivity index (χ1) is 16.8. The number of aromatic nitrogens is 1. The fourth-order valence-electron chi connectivity index (χ4n) is 4.81. The van der Waals surface area contributed by atoms with Crippen LogP contribution in [0, 0.1) is 24.1 Å². The molecular weight excluding hydrogens is 465 g/mol. The Morgan fingerprint density at radius 2 is 1.94 bits per heavy atom. The number of aryl methyl sites for hydroxylation is 1. The van der Waals surface area contributed by atoms with Crippen molar-refractivity contribution in [3.05, 3.63) is 77.4 Å². The lowest BCUT2D eigenvalue weighted by atomic mass is 9.75. The van der Waals surface area contributed by atoms with E-state index in [0.717, 1.165) is 6.42 Å². The third-order valence-corrected chi connectivity index (χ3v) is 7.07.